The number of aryl methyl sites for hydroxylation is 1. The van der Waals surface area contributed by atoms with Crippen LogP contribution < -0.4 is 5.32 Å². The van der Waals surface area contributed by atoms with E-state index in [0.29, 0.717) is 17.2 Å². The topological polar surface area (TPSA) is 84.5 Å². The molecule has 3 rings (SSSR count). The fraction of sp³-hybridized carbons (Fsp3) is 0.300. The number of benzene rings is 1. The molecule has 26 heavy (non-hydrogen) atoms. The summed E-state index contributed by atoms with van der Waals surface area (Å²) in [5.74, 6) is -0.701. The van der Waals surface area contributed by atoms with Gasteiger partial charge in [-0.15, -0.1) is 0 Å². The van der Waals surface area contributed by atoms with E-state index in [4.69, 9.17) is 9.52 Å². The third-order valence-corrected chi connectivity index (χ3v) is 4.18. The van der Waals surface area contributed by atoms with Crippen LogP contribution in [0.25, 0.3) is 10.9 Å². The molecule has 2 heterocycles. The maximum atomic E-state index is 12.6. The van der Waals surface area contributed by atoms with Crippen LogP contribution in [0.1, 0.15) is 35.5 Å². The molecule has 0 radical (unpaired) electrons. The number of rotatable bonds is 6. The Kier molecular flexibility index (Phi) is 4.84. The van der Waals surface area contributed by atoms with Crippen LogP contribution in [-0.4, -0.2) is 21.6 Å². The second kappa shape index (κ2) is 7.07. The molecule has 2 aromatic heterocycles. The second-order valence-electron chi connectivity index (χ2n) is 6.88. The number of hydrogen-bond acceptors (Lipinski definition) is 3. The lowest BCUT2D eigenvalue weighted by molar-refractivity contribution is -0.136. The average molecular weight is 354 g/mol. The molecule has 0 fully saturated rings. The smallest absolute Gasteiger partial charge is 0.311 e. The van der Waals surface area contributed by atoms with Crippen molar-refractivity contribution in [2.75, 3.05) is 5.32 Å². The van der Waals surface area contributed by atoms with Gasteiger partial charge in [-0.25, -0.2) is 0 Å². The van der Waals surface area contributed by atoms with Crippen molar-refractivity contribution in [2.45, 2.75) is 33.7 Å². The van der Waals surface area contributed by atoms with Gasteiger partial charge in [0.1, 0.15) is 12.2 Å². The van der Waals surface area contributed by atoms with Gasteiger partial charge in [-0.2, -0.15) is 0 Å². The summed E-state index contributed by atoms with van der Waals surface area (Å²) >= 11 is 0. The van der Waals surface area contributed by atoms with Gasteiger partial charge in [0.25, 0.3) is 5.91 Å². The molecule has 2 N–H and O–H groups in total. The zero-order chi connectivity index (χ0) is 18.8. The molecule has 0 aliphatic heterocycles. The van der Waals surface area contributed by atoms with Gasteiger partial charge < -0.3 is 19.4 Å². The minimum Gasteiger partial charge on any atom is -0.481 e. The number of anilines is 1. The SMILES string of the molecule is Cc1coc(CC(=O)O)c1C(=O)Nc1ccc2c(ccn2CC(C)C)c1. The van der Waals surface area contributed by atoms with Crippen LogP contribution in [0.2, 0.25) is 0 Å². The molecule has 0 aliphatic rings. The van der Waals surface area contributed by atoms with E-state index in [9.17, 15) is 9.59 Å². The molecule has 1 amide bonds. The molecule has 6 heteroatoms. The van der Waals surface area contributed by atoms with Crippen LogP contribution in [0.15, 0.2) is 41.1 Å². The number of carboxylic acid groups (broad SMARTS) is 1. The number of nitrogens with zero attached hydrogens (tertiary/aromatic N) is 1. The fourth-order valence-corrected chi connectivity index (χ4v) is 3.09. The predicted molar refractivity (Wildman–Crippen MR) is 99.5 cm³/mol. The Labute approximate surface area is 151 Å². The first-order valence-electron chi connectivity index (χ1n) is 8.54. The summed E-state index contributed by atoms with van der Waals surface area (Å²) in [4.78, 5) is 23.6. The van der Waals surface area contributed by atoms with E-state index in [2.05, 4.69) is 23.7 Å². The molecule has 136 valence electrons. The summed E-state index contributed by atoms with van der Waals surface area (Å²) in [6.07, 6.45) is 3.12. The van der Waals surface area contributed by atoms with E-state index in [1.54, 1.807) is 6.92 Å². The zero-order valence-electron chi connectivity index (χ0n) is 15.1. The van der Waals surface area contributed by atoms with Gasteiger partial charge >= 0.3 is 5.97 Å². The summed E-state index contributed by atoms with van der Waals surface area (Å²) in [5.41, 5.74) is 2.67. The molecule has 1 aromatic carbocycles. The normalized spacial score (nSPS) is 11.2. The molecular formula is C20H22N2O4. The lowest BCUT2D eigenvalue weighted by Gasteiger charge is -2.10. The zero-order valence-corrected chi connectivity index (χ0v) is 15.1. The average Bonchev–Trinajstić information content (AvgIpc) is 3.10. The summed E-state index contributed by atoms with van der Waals surface area (Å²) < 4.78 is 7.42. The van der Waals surface area contributed by atoms with E-state index in [-0.39, 0.29) is 23.7 Å². The summed E-state index contributed by atoms with van der Waals surface area (Å²) in [5, 5.41) is 12.8. The van der Waals surface area contributed by atoms with Crippen molar-refractivity contribution in [2.24, 2.45) is 5.92 Å². The van der Waals surface area contributed by atoms with Crippen LogP contribution in [-0.2, 0) is 17.8 Å². The maximum absolute atomic E-state index is 12.6. The highest BCUT2D eigenvalue weighted by atomic mass is 16.4. The van der Waals surface area contributed by atoms with Crippen LogP contribution in [0, 0.1) is 12.8 Å². The molecular weight excluding hydrogens is 332 g/mol. The molecule has 0 unspecified atom stereocenters. The number of carboxylic acids is 1. The monoisotopic (exact) mass is 354 g/mol. The quantitative estimate of drug-likeness (QED) is 0.698. The number of nitrogens with one attached hydrogen (secondary N) is 1. The van der Waals surface area contributed by atoms with E-state index < -0.39 is 5.97 Å². The number of carbonyl (C=O) groups excluding carboxylic acids is 1. The number of furan rings is 1. The van der Waals surface area contributed by atoms with Crippen molar-refractivity contribution in [3.05, 3.63) is 53.6 Å². The third kappa shape index (κ3) is 3.64. The number of amides is 1. The predicted octanol–water partition coefficient (Wildman–Crippen LogP) is 4.08. The Morgan fingerprint density at radius 1 is 1.27 bits per heavy atom. The molecule has 0 aliphatic carbocycles. The Bertz CT molecular complexity index is 966. The largest absolute Gasteiger partial charge is 0.481 e. The summed E-state index contributed by atoms with van der Waals surface area (Å²) in [6.45, 7) is 6.99. The Morgan fingerprint density at radius 2 is 2.04 bits per heavy atom. The molecule has 3 aromatic rings. The van der Waals surface area contributed by atoms with E-state index >= 15 is 0 Å². The van der Waals surface area contributed by atoms with Gasteiger partial charge in [-0.1, -0.05) is 13.8 Å². The second-order valence-corrected chi connectivity index (χ2v) is 6.88. The number of hydrogen-bond donors (Lipinski definition) is 2. The summed E-state index contributed by atoms with van der Waals surface area (Å²) in [6, 6.07) is 7.76. The van der Waals surface area contributed by atoms with E-state index in [1.165, 1.54) is 6.26 Å². The highest BCUT2D eigenvalue weighted by Crippen LogP contribution is 2.24. The van der Waals surface area contributed by atoms with Gasteiger partial charge in [-0.3, -0.25) is 9.59 Å². The van der Waals surface area contributed by atoms with Crippen molar-refractivity contribution in [3.8, 4) is 0 Å². The third-order valence-electron chi connectivity index (χ3n) is 4.18. The number of fused-ring (bicyclic) bond motifs is 1. The van der Waals surface area contributed by atoms with Crippen LogP contribution >= 0.6 is 0 Å². The molecule has 0 bridgehead atoms. The van der Waals surface area contributed by atoms with E-state index in [0.717, 1.165) is 17.4 Å². The van der Waals surface area contributed by atoms with Crippen LogP contribution in [0.3, 0.4) is 0 Å². The lowest BCUT2D eigenvalue weighted by Crippen LogP contribution is -2.15. The molecule has 0 spiro atoms. The number of aliphatic carboxylic acids is 1. The van der Waals surface area contributed by atoms with Crippen molar-refractivity contribution in [1.29, 1.82) is 0 Å². The number of aromatic nitrogens is 1. The fourth-order valence-electron chi connectivity index (χ4n) is 3.09. The Balaban J connectivity index is 1.84. The molecule has 0 saturated carbocycles. The molecule has 6 nitrogen and oxygen atoms in total. The first-order valence-corrected chi connectivity index (χ1v) is 8.54. The molecule has 0 atom stereocenters. The Morgan fingerprint density at radius 3 is 2.73 bits per heavy atom. The van der Waals surface area contributed by atoms with Crippen molar-refractivity contribution in [1.82, 2.24) is 4.57 Å². The van der Waals surface area contributed by atoms with Crippen molar-refractivity contribution in [3.63, 3.8) is 0 Å². The standard InChI is InChI=1S/C20H22N2O4/c1-12(2)10-22-7-6-14-8-15(4-5-16(14)22)21-20(25)19-13(3)11-26-17(19)9-18(23)24/h4-8,11-12H,9-10H2,1-3H3,(H,21,25)(H,23,24). The van der Waals surface area contributed by atoms with Crippen LogP contribution in [0.4, 0.5) is 5.69 Å². The van der Waals surface area contributed by atoms with E-state index in [1.807, 2.05) is 30.5 Å². The molecule has 0 saturated heterocycles. The lowest BCUT2D eigenvalue weighted by atomic mass is 10.1. The van der Waals surface area contributed by atoms with Crippen molar-refractivity contribution >= 4 is 28.5 Å². The van der Waals surface area contributed by atoms with Gasteiger partial charge in [0, 0.05) is 34.9 Å². The maximum Gasteiger partial charge on any atom is 0.311 e. The number of carbonyl (C=O) groups is 2. The van der Waals surface area contributed by atoms with Gasteiger partial charge in [0.15, 0.2) is 0 Å². The first-order chi connectivity index (χ1) is 12.3. The van der Waals surface area contributed by atoms with Gasteiger partial charge in [-0.05, 0) is 37.1 Å². The minimum atomic E-state index is -1.04. The Hall–Kier alpha value is -3.02. The summed E-state index contributed by atoms with van der Waals surface area (Å²) in [7, 11) is 0. The van der Waals surface area contributed by atoms with Crippen molar-refractivity contribution < 1.29 is 19.1 Å². The first kappa shape index (κ1) is 17.8. The van der Waals surface area contributed by atoms with Gasteiger partial charge in [0.05, 0.1) is 11.8 Å². The van der Waals surface area contributed by atoms with Gasteiger partial charge in [0.2, 0.25) is 0 Å². The highest BCUT2D eigenvalue weighted by molar-refractivity contribution is 6.07. The minimum absolute atomic E-state index is 0.164. The van der Waals surface area contributed by atoms with Crippen LogP contribution in [0.5, 0.6) is 0 Å². The highest BCUT2D eigenvalue weighted by Gasteiger charge is 2.20.